The van der Waals surface area contributed by atoms with E-state index < -0.39 is 0 Å². The predicted molar refractivity (Wildman–Crippen MR) is 63.4 cm³/mol. The van der Waals surface area contributed by atoms with Gasteiger partial charge < -0.3 is 5.32 Å². The molecule has 0 aliphatic carbocycles. The van der Waals surface area contributed by atoms with E-state index in [1.165, 1.54) is 4.88 Å². The Morgan fingerprint density at radius 3 is 3.00 bits per heavy atom. The number of thiophene rings is 1. The van der Waals surface area contributed by atoms with Crippen molar-refractivity contribution in [1.82, 2.24) is 9.97 Å². The summed E-state index contributed by atoms with van der Waals surface area (Å²) in [6, 6.07) is 5.83. The fourth-order valence-corrected chi connectivity index (χ4v) is 2.08. The van der Waals surface area contributed by atoms with Crippen molar-refractivity contribution < 1.29 is 0 Å². The van der Waals surface area contributed by atoms with Crippen LogP contribution in [-0.4, -0.2) is 9.97 Å². The maximum Gasteiger partial charge on any atom is 0.134 e. The summed E-state index contributed by atoms with van der Waals surface area (Å²) in [5.74, 6) is 1.44. The number of hydrogen-bond donors (Lipinski definition) is 1. The highest BCUT2D eigenvalue weighted by molar-refractivity contribution is 7.09. The van der Waals surface area contributed by atoms with Crippen LogP contribution in [0.3, 0.4) is 0 Å². The third-order valence-corrected chi connectivity index (χ3v) is 2.90. The summed E-state index contributed by atoms with van der Waals surface area (Å²) >= 11 is 7.53. The van der Waals surface area contributed by atoms with Crippen LogP contribution in [0.15, 0.2) is 23.6 Å². The van der Waals surface area contributed by atoms with Gasteiger partial charge in [-0.15, -0.1) is 11.3 Å². The van der Waals surface area contributed by atoms with Crippen LogP contribution in [0.4, 0.5) is 5.82 Å². The average molecular weight is 240 g/mol. The van der Waals surface area contributed by atoms with E-state index in [4.69, 9.17) is 11.6 Å². The first kappa shape index (κ1) is 10.4. The highest BCUT2D eigenvalue weighted by Crippen LogP contribution is 2.14. The molecule has 0 saturated carbocycles. The Balaban J connectivity index is 2.05. The summed E-state index contributed by atoms with van der Waals surface area (Å²) in [4.78, 5) is 9.49. The van der Waals surface area contributed by atoms with E-state index >= 15 is 0 Å². The van der Waals surface area contributed by atoms with Crippen LogP contribution in [-0.2, 0) is 6.54 Å². The van der Waals surface area contributed by atoms with Crippen LogP contribution in [0, 0.1) is 6.92 Å². The molecular weight excluding hydrogens is 230 g/mol. The monoisotopic (exact) mass is 239 g/mol. The third kappa shape index (κ3) is 2.91. The molecule has 1 N–H and O–H groups in total. The van der Waals surface area contributed by atoms with Crippen LogP contribution in [0.1, 0.15) is 10.7 Å². The van der Waals surface area contributed by atoms with E-state index in [1.807, 2.05) is 13.0 Å². The van der Waals surface area contributed by atoms with Gasteiger partial charge in [-0.1, -0.05) is 17.7 Å². The minimum Gasteiger partial charge on any atom is -0.365 e. The van der Waals surface area contributed by atoms with Gasteiger partial charge in [0.25, 0.3) is 0 Å². The van der Waals surface area contributed by atoms with E-state index in [-0.39, 0.29) is 0 Å². The van der Waals surface area contributed by atoms with Gasteiger partial charge in [-0.2, -0.15) is 0 Å². The summed E-state index contributed by atoms with van der Waals surface area (Å²) in [6.45, 7) is 2.59. The quantitative estimate of drug-likeness (QED) is 0.837. The lowest BCUT2D eigenvalue weighted by atomic mass is 10.4. The molecule has 2 rings (SSSR count). The van der Waals surface area contributed by atoms with Gasteiger partial charge in [0.2, 0.25) is 0 Å². The van der Waals surface area contributed by atoms with E-state index in [0.29, 0.717) is 11.0 Å². The zero-order chi connectivity index (χ0) is 10.7. The Bertz CT molecular complexity index is 422. The van der Waals surface area contributed by atoms with Crippen molar-refractivity contribution in [2.45, 2.75) is 13.5 Å². The van der Waals surface area contributed by atoms with Crippen LogP contribution in [0.5, 0.6) is 0 Å². The van der Waals surface area contributed by atoms with E-state index in [9.17, 15) is 0 Å². The molecule has 0 amide bonds. The number of anilines is 1. The zero-order valence-corrected chi connectivity index (χ0v) is 9.77. The van der Waals surface area contributed by atoms with Crippen molar-refractivity contribution in [2.24, 2.45) is 0 Å². The Kier molecular flexibility index (Phi) is 3.18. The van der Waals surface area contributed by atoms with Gasteiger partial charge in [0, 0.05) is 10.9 Å². The predicted octanol–water partition coefficient (Wildman–Crippen LogP) is 3.11. The van der Waals surface area contributed by atoms with Crippen molar-refractivity contribution in [1.29, 1.82) is 0 Å². The fourth-order valence-electron chi connectivity index (χ4n) is 1.21. The van der Waals surface area contributed by atoms with Gasteiger partial charge >= 0.3 is 0 Å². The van der Waals surface area contributed by atoms with Gasteiger partial charge in [-0.25, -0.2) is 9.97 Å². The average Bonchev–Trinajstić information content (AvgIpc) is 2.65. The fraction of sp³-hybridized carbons (Fsp3) is 0.200. The van der Waals surface area contributed by atoms with Crippen LogP contribution >= 0.6 is 22.9 Å². The van der Waals surface area contributed by atoms with Gasteiger partial charge in [0.05, 0.1) is 6.54 Å². The molecule has 0 atom stereocenters. The Morgan fingerprint density at radius 1 is 1.47 bits per heavy atom. The molecule has 78 valence electrons. The summed E-state index contributed by atoms with van der Waals surface area (Å²) in [5.41, 5.74) is 0. The highest BCUT2D eigenvalue weighted by Gasteiger charge is 1.99. The summed E-state index contributed by atoms with van der Waals surface area (Å²) in [7, 11) is 0. The molecule has 3 nitrogen and oxygen atoms in total. The van der Waals surface area contributed by atoms with E-state index in [0.717, 1.165) is 12.4 Å². The highest BCUT2D eigenvalue weighted by atomic mass is 35.5. The second-order valence-corrected chi connectivity index (χ2v) is 4.48. The minimum atomic E-state index is 0.469. The Labute approximate surface area is 97.2 Å². The Hall–Kier alpha value is -1.13. The number of rotatable bonds is 3. The topological polar surface area (TPSA) is 37.8 Å². The molecule has 0 unspecified atom stereocenters. The van der Waals surface area contributed by atoms with Crippen LogP contribution in [0.2, 0.25) is 5.15 Å². The molecule has 0 aliphatic heterocycles. The molecule has 15 heavy (non-hydrogen) atoms. The number of nitrogens with one attached hydrogen (secondary N) is 1. The second kappa shape index (κ2) is 4.59. The number of aromatic nitrogens is 2. The number of nitrogens with zero attached hydrogens (tertiary/aromatic N) is 2. The van der Waals surface area contributed by atoms with Gasteiger partial charge in [-0.05, 0) is 18.4 Å². The molecule has 5 heteroatoms. The van der Waals surface area contributed by atoms with Crippen molar-refractivity contribution in [2.75, 3.05) is 5.32 Å². The maximum atomic E-state index is 5.82. The molecule has 0 saturated heterocycles. The van der Waals surface area contributed by atoms with Gasteiger partial charge in [0.15, 0.2) is 0 Å². The first-order valence-electron chi connectivity index (χ1n) is 4.51. The molecule has 2 heterocycles. The lowest BCUT2D eigenvalue weighted by Gasteiger charge is -2.04. The number of hydrogen-bond acceptors (Lipinski definition) is 4. The molecule has 0 fully saturated rings. The largest absolute Gasteiger partial charge is 0.365 e. The molecule has 0 aliphatic rings. The molecular formula is C10H10ClN3S. The first-order chi connectivity index (χ1) is 7.24. The maximum absolute atomic E-state index is 5.82. The van der Waals surface area contributed by atoms with E-state index in [2.05, 4.69) is 26.7 Å². The molecule has 0 bridgehead atoms. The third-order valence-electron chi connectivity index (χ3n) is 1.83. The molecule has 0 aromatic carbocycles. The number of halogens is 1. The normalized spacial score (nSPS) is 10.3. The second-order valence-electron chi connectivity index (χ2n) is 3.06. The van der Waals surface area contributed by atoms with Crippen molar-refractivity contribution in [3.63, 3.8) is 0 Å². The summed E-state index contributed by atoms with van der Waals surface area (Å²) in [6.07, 6.45) is 0. The first-order valence-corrected chi connectivity index (χ1v) is 5.77. The lowest BCUT2D eigenvalue weighted by Crippen LogP contribution is -2.01. The SMILES string of the molecule is Cc1nc(Cl)cc(NCc2cccs2)n1. The standard InChI is InChI=1S/C10H10ClN3S/c1-7-13-9(11)5-10(14-7)12-6-8-3-2-4-15-8/h2-5H,6H2,1H3,(H,12,13,14). The molecule has 0 spiro atoms. The molecule has 0 radical (unpaired) electrons. The lowest BCUT2D eigenvalue weighted by molar-refractivity contribution is 1.03. The van der Waals surface area contributed by atoms with Crippen molar-refractivity contribution in [3.8, 4) is 0 Å². The summed E-state index contributed by atoms with van der Waals surface area (Å²) < 4.78 is 0. The number of aryl methyl sites for hydroxylation is 1. The summed E-state index contributed by atoms with van der Waals surface area (Å²) in [5, 5.41) is 5.72. The molecule has 2 aromatic heterocycles. The van der Waals surface area contributed by atoms with Crippen molar-refractivity contribution in [3.05, 3.63) is 39.4 Å². The van der Waals surface area contributed by atoms with Crippen molar-refractivity contribution >= 4 is 28.8 Å². The van der Waals surface area contributed by atoms with E-state index in [1.54, 1.807) is 17.4 Å². The van der Waals surface area contributed by atoms with Gasteiger partial charge in [0.1, 0.15) is 16.8 Å². The smallest absolute Gasteiger partial charge is 0.134 e. The Morgan fingerprint density at radius 2 is 2.33 bits per heavy atom. The zero-order valence-electron chi connectivity index (χ0n) is 8.20. The van der Waals surface area contributed by atoms with Crippen LogP contribution < -0.4 is 5.32 Å². The minimum absolute atomic E-state index is 0.469. The van der Waals surface area contributed by atoms with Crippen LogP contribution in [0.25, 0.3) is 0 Å². The van der Waals surface area contributed by atoms with Gasteiger partial charge in [-0.3, -0.25) is 0 Å². The molecule has 2 aromatic rings.